The van der Waals surface area contributed by atoms with Gasteiger partial charge in [-0.15, -0.1) is 0 Å². The summed E-state index contributed by atoms with van der Waals surface area (Å²) in [5, 5.41) is 17.9. The Morgan fingerprint density at radius 3 is 2.20 bits per heavy atom. The Morgan fingerprint density at radius 2 is 1.73 bits per heavy atom. The van der Waals surface area contributed by atoms with Gasteiger partial charge >= 0.3 is 0 Å². The van der Waals surface area contributed by atoms with Crippen molar-refractivity contribution in [1.82, 2.24) is 0 Å². The first-order valence-corrected chi connectivity index (χ1v) is 4.27. The first-order chi connectivity index (χ1) is 6.83. The van der Waals surface area contributed by atoms with Crippen molar-refractivity contribution >= 4 is 0 Å². The summed E-state index contributed by atoms with van der Waals surface area (Å²) < 4.78 is 38.6. The van der Waals surface area contributed by atoms with Crippen molar-refractivity contribution in [2.24, 2.45) is 0 Å². The Balaban J connectivity index is 3.22. The summed E-state index contributed by atoms with van der Waals surface area (Å²) in [7, 11) is 0. The Morgan fingerprint density at radius 1 is 1.20 bits per heavy atom. The van der Waals surface area contributed by atoms with E-state index in [0.717, 1.165) is 6.07 Å². The van der Waals surface area contributed by atoms with E-state index in [4.69, 9.17) is 10.2 Å². The van der Waals surface area contributed by atoms with Crippen molar-refractivity contribution in [2.45, 2.75) is 18.6 Å². The van der Waals surface area contributed by atoms with E-state index in [1.54, 1.807) is 6.07 Å². The van der Waals surface area contributed by atoms with Crippen LogP contribution >= 0.6 is 0 Å². The van der Waals surface area contributed by atoms with Gasteiger partial charge < -0.3 is 10.2 Å². The molecule has 0 aliphatic rings. The van der Waals surface area contributed by atoms with Crippen molar-refractivity contribution in [3.63, 3.8) is 0 Å². The van der Waals surface area contributed by atoms with Crippen LogP contribution in [0.15, 0.2) is 24.3 Å². The molecule has 2 N–H and O–H groups in total. The second kappa shape index (κ2) is 3.83. The third-order valence-corrected chi connectivity index (χ3v) is 2.19. The van der Waals surface area contributed by atoms with Gasteiger partial charge in [-0.1, -0.05) is 24.3 Å². The van der Waals surface area contributed by atoms with E-state index < -0.39 is 23.9 Å². The molecular formula is C10H11F3O2. The third-order valence-electron chi connectivity index (χ3n) is 2.19. The molecular weight excluding hydrogens is 209 g/mol. The summed E-state index contributed by atoms with van der Waals surface area (Å²) in [6.07, 6.45) is 0. The van der Waals surface area contributed by atoms with E-state index in [-0.39, 0.29) is 5.56 Å². The van der Waals surface area contributed by atoms with E-state index in [1.807, 2.05) is 0 Å². The average Bonchev–Trinajstić information content (AvgIpc) is 2.18. The Kier molecular flexibility index (Phi) is 3.06. The summed E-state index contributed by atoms with van der Waals surface area (Å²) in [6.45, 7) is -0.622. The molecule has 0 aromatic heterocycles. The summed E-state index contributed by atoms with van der Waals surface area (Å²) in [4.78, 5) is 0. The minimum Gasteiger partial charge on any atom is -0.355 e. The lowest BCUT2D eigenvalue weighted by molar-refractivity contribution is -0.302. The number of hydrogen-bond donors (Lipinski definition) is 2. The van der Waals surface area contributed by atoms with Crippen LogP contribution in [-0.2, 0) is 5.85 Å². The van der Waals surface area contributed by atoms with Crippen LogP contribution in [0.3, 0.4) is 0 Å². The molecule has 2 nitrogen and oxygen atoms in total. The molecule has 1 rings (SSSR count). The average molecular weight is 220 g/mol. The molecule has 15 heavy (non-hydrogen) atoms. The van der Waals surface area contributed by atoms with Crippen LogP contribution in [0.25, 0.3) is 0 Å². The van der Waals surface area contributed by atoms with Crippen molar-refractivity contribution in [1.29, 1.82) is 0 Å². The lowest BCUT2D eigenvalue weighted by Crippen LogP contribution is -2.47. The monoisotopic (exact) mass is 220 g/mol. The van der Waals surface area contributed by atoms with E-state index >= 15 is 0 Å². The summed E-state index contributed by atoms with van der Waals surface area (Å²) in [5.41, 5.74) is -0.278. The van der Waals surface area contributed by atoms with Crippen LogP contribution in [-0.4, -0.2) is 22.7 Å². The largest absolute Gasteiger partial charge is 0.355 e. The molecule has 0 saturated heterocycles. The van der Waals surface area contributed by atoms with Crippen LogP contribution in [0, 0.1) is 6.92 Å². The standard InChI is InChI=1S/C10H11F3O2/c1-7-4-2-3-5-8(7)10(13,15)9(12,14)6-11/h2-5,14-15H,6H2,1H3. The molecule has 2 atom stereocenters. The third kappa shape index (κ3) is 1.98. The molecule has 2 unspecified atom stereocenters. The first-order valence-electron chi connectivity index (χ1n) is 4.27. The molecule has 1 aromatic rings. The quantitative estimate of drug-likeness (QED) is 0.814. The molecule has 0 bridgehead atoms. The highest BCUT2D eigenvalue weighted by Crippen LogP contribution is 2.37. The van der Waals surface area contributed by atoms with Crippen molar-refractivity contribution in [2.75, 3.05) is 6.67 Å². The molecule has 0 spiro atoms. The van der Waals surface area contributed by atoms with E-state index in [2.05, 4.69) is 0 Å². The highest BCUT2D eigenvalue weighted by molar-refractivity contribution is 5.31. The summed E-state index contributed by atoms with van der Waals surface area (Å²) in [5.74, 6) is -7.70. The Labute approximate surface area is 85.0 Å². The zero-order valence-electron chi connectivity index (χ0n) is 8.04. The molecule has 5 heteroatoms. The van der Waals surface area contributed by atoms with Crippen molar-refractivity contribution < 1.29 is 23.4 Å². The highest BCUT2D eigenvalue weighted by atomic mass is 19.2. The topological polar surface area (TPSA) is 40.5 Å². The number of rotatable bonds is 3. The molecule has 0 aliphatic heterocycles. The van der Waals surface area contributed by atoms with Gasteiger partial charge in [0.15, 0.2) is 6.67 Å². The predicted octanol–water partition coefficient (Wildman–Crippen LogP) is 1.74. The predicted molar refractivity (Wildman–Crippen MR) is 48.2 cm³/mol. The summed E-state index contributed by atoms with van der Waals surface area (Å²) >= 11 is 0. The minimum absolute atomic E-state index is 0.215. The van der Waals surface area contributed by atoms with Gasteiger partial charge in [-0.3, -0.25) is 0 Å². The Hall–Kier alpha value is -1.07. The van der Waals surface area contributed by atoms with Crippen molar-refractivity contribution in [3.8, 4) is 0 Å². The van der Waals surface area contributed by atoms with Gasteiger partial charge in [0.05, 0.1) is 0 Å². The fraction of sp³-hybridized carbons (Fsp3) is 0.400. The van der Waals surface area contributed by atoms with Gasteiger partial charge in [0, 0.05) is 5.56 Å². The van der Waals surface area contributed by atoms with Crippen LogP contribution < -0.4 is 0 Å². The van der Waals surface area contributed by atoms with Crippen LogP contribution in [0.5, 0.6) is 0 Å². The number of aryl methyl sites for hydroxylation is 1. The SMILES string of the molecule is Cc1ccccc1C(O)(F)C(O)(F)CF. The number of halogens is 3. The molecule has 0 fully saturated rings. The molecule has 0 heterocycles. The number of hydrogen-bond acceptors (Lipinski definition) is 2. The van der Waals surface area contributed by atoms with Crippen LogP contribution in [0.4, 0.5) is 13.2 Å². The minimum atomic E-state index is -3.95. The maximum absolute atomic E-state index is 13.6. The highest BCUT2D eigenvalue weighted by Gasteiger charge is 2.53. The van der Waals surface area contributed by atoms with Crippen LogP contribution in [0.1, 0.15) is 11.1 Å². The Bertz CT molecular complexity index is 350. The molecule has 0 radical (unpaired) electrons. The van der Waals surface area contributed by atoms with Crippen LogP contribution in [0.2, 0.25) is 0 Å². The van der Waals surface area contributed by atoms with Gasteiger partial charge in [0.2, 0.25) is 0 Å². The normalized spacial score (nSPS) is 19.3. The number of aliphatic hydroxyl groups is 2. The maximum Gasteiger partial charge on any atom is 0.299 e. The van der Waals surface area contributed by atoms with Gasteiger partial charge in [0.25, 0.3) is 11.7 Å². The molecule has 0 aliphatic carbocycles. The second-order valence-electron chi connectivity index (χ2n) is 3.33. The number of benzene rings is 1. The van der Waals surface area contributed by atoms with Gasteiger partial charge in [-0.05, 0) is 12.5 Å². The van der Waals surface area contributed by atoms with Crippen molar-refractivity contribution in [3.05, 3.63) is 35.4 Å². The fourth-order valence-corrected chi connectivity index (χ4v) is 1.24. The molecule has 0 amide bonds. The van der Waals surface area contributed by atoms with Gasteiger partial charge in [-0.2, -0.15) is 0 Å². The first kappa shape index (κ1) is 12.0. The smallest absolute Gasteiger partial charge is 0.299 e. The maximum atomic E-state index is 13.6. The van der Waals surface area contributed by atoms with E-state index in [1.165, 1.54) is 19.1 Å². The second-order valence-corrected chi connectivity index (χ2v) is 3.33. The summed E-state index contributed by atoms with van der Waals surface area (Å²) in [6, 6.07) is 5.38. The lowest BCUT2D eigenvalue weighted by Gasteiger charge is -2.29. The zero-order valence-corrected chi connectivity index (χ0v) is 8.04. The van der Waals surface area contributed by atoms with E-state index in [0.29, 0.717) is 0 Å². The molecule has 1 aromatic carbocycles. The molecule has 0 saturated carbocycles. The number of alkyl halides is 3. The van der Waals surface area contributed by atoms with Gasteiger partial charge in [0.1, 0.15) is 0 Å². The van der Waals surface area contributed by atoms with E-state index in [9.17, 15) is 13.2 Å². The fourth-order valence-electron chi connectivity index (χ4n) is 1.24. The lowest BCUT2D eigenvalue weighted by atomic mass is 9.96. The molecule has 84 valence electrons. The van der Waals surface area contributed by atoms with Gasteiger partial charge in [-0.25, -0.2) is 13.2 Å². The zero-order chi connectivity index (χ0) is 11.7.